The minimum atomic E-state index is 0.629. The fraction of sp³-hybridized carbons (Fsp3) is 0.400. The maximum Gasteiger partial charge on any atom is 0.257 e. The van der Waals surface area contributed by atoms with E-state index in [0.29, 0.717) is 11.8 Å². The maximum atomic E-state index is 5.54. The monoisotopic (exact) mass is 223 g/mol. The van der Waals surface area contributed by atoms with Crippen LogP contribution in [-0.4, -0.2) is 23.8 Å². The van der Waals surface area contributed by atoms with Crippen LogP contribution in [0.25, 0.3) is 10.8 Å². The van der Waals surface area contributed by atoms with Gasteiger partial charge >= 0.3 is 0 Å². The Kier molecular flexibility index (Phi) is 3.47. The molecule has 2 heterocycles. The molecular weight excluding hydrogens is 210 g/mol. The maximum absolute atomic E-state index is 5.54. The Morgan fingerprint density at radius 2 is 2.40 bits per heavy atom. The summed E-state index contributed by atoms with van der Waals surface area (Å²) in [5.41, 5.74) is 0. The first kappa shape index (κ1) is 10.3. The van der Waals surface area contributed by atoms with E-state index in [9.17, 15) is 0 Å². The van der Waals surface area contributed by atoms with Crippen LogP contribution in [0.3, 0.4) is 0 Å². The van der Waals surface area contributed by atoms with Gasteiger partial charge in [-0.2, -0.15) is 0 Å². The van der Waals surface area contributed by atoms with Crippen molar-refractivity contribution in [1.82, 2.24) is 15.5 Å². The SMILES string of the molecule is CNCCCc1nnc(-c2cccs2)o1. The zero-order valence-electron chi connectivity index (χ0n) is 8.56. The molecule has 0 aromatic carbocycles. The molecule has 0 aliphatic rings. The summed E-state index contributed by atoms with van der Waals surface area (Å²) in [6, 6.07) is 3.96. The molecule has 80 valence electrons. The average Bonchev–Trinajstić information content (AvgIpc) is 2.87. The van der Waals surface area contributed by atoms with E-state index in [2.05, 4.69) is 15.5 Å². The fourth-order valence-electron chi connectivity index (χ4n) is 1.27. The van der Waals surface area contributed by atoms with Crippen LogP contribution < -0.4 is 5.32 Å². The van der Waals surface area contributed by atoms with Crippen molar-refractivity contribution in [2.75, 3.05) is 13.6 Å². The molecule has 0 saturated heterocycles. The van der Waals surface area contributed by atoms with Crippen LogP contribution in [0.2, 0.25) is 0 Å². The molecule has 2 aromatic rings. The van der Waals surface area contributed by atoms with Gasteiger partial charge in [0.1, 0.15) is 0 Å². The van der Waals surface area contributed by atoms with Crippen molar-refractivity contribution in [2.24, 2.45) is 0 Å². The molecule has 0 unspecified atom stereocenters. The number of nitrogens with one attached hydrogen (secondary N) is 1. The van der Waals surface area contributed by atoms with Gasteiger partial charge in [0.15, 0.2) is 0 Å². The molecular formula is C10H13N3OS. The summed E-state index contributed by atoms with van der Waals surface area (Å²) in [6.45, 7) is 0.969. The van der Waals surface area contributed by atoms with Crippen molar-refractivity contribution in [1.29, 1.82) is 0 Å². The molecule has 0 aliphatic heterocycles. The molecule has 0 saturated carbocycles. The summed E-state index contributed by atoms with van der Waals surface area (Å²) in [7, 11) is 1.94. The zero-order chi connectivity index (χ0) is 10.5. The standard InChI is InChI=1S/C10H13N3OS/c1-11-6-2-5-9-12-13-10(14-9)8-4-3-7-15-8/h3-4,7,11H,2,5-6H2,1H3. The van der Waals surface area contributed by atoms with Crippen molar-refractivity contribution in [3.8, 4) is 10.8 Å². The number of aromatic nitrogens is 2. The molecule has 5 heteroatoms. The summed E-state index contributed by atoms with van der Waals surface area (Å²) in [5, 5.41) is 13.1. The Balaban J connectivity index is 1.98. The topological polar surface area (TPSA) is 51.0 Å². The Bertz CT molecular complexity index is 396. The number of hydrogen-bond acceptors (Lipinski definition) is 5. The lowest BCUT2D eigenvalue weighted by molar-refractivity contribution is 0.495. The minimum Gasteiger partial charge on any atom is -0.420 e. The fourth-order valence-corrected chi connectivity index (χ4v) is 1.92. The van der Waals surface area contributed by atoms with Crippen LogP contribution >= 0.6 is 11.3 Å². The Labute approximate surface area is 92.3 Å². The van der Waals surface area contributed by atoms with Crippen molar-refractivity contribution in [3.05, 3.63) is 23.4 Å². The van der Waals surface area contributed by atoms with E-state index in [-0.39, 0.29) is 0 Å². The smallest absolute Gasteiger partial charge is 0.257 e. The molecule has 4 nitrogen and oxygen atoms in total. The van der Waals surface area contributed by atoms with E-state index in [1.54, 1.807) is 11.3 Å². The van der Waals surface area contributed by atoms with Crippen molar-refractivity contribution < 1.29 is 4.42 Å². The second kappa shape index (κ2) is 5.04. The predicted octanol–water partition coefficient (Wildman–Crippen LogP) is 1.95. The number of hydrogen-bond donors (Lipinski definition) is 1. The summed E-state index contributed by atoms with van der Waals surface area (Å²) < 4.78 is 5.54. The zero-order valence-corrected chi connectivity index (χ0v) is 9.38. The third-order valence-electron chi connectivity index (χ3n) is 2.02. The Morgan fingerprint density at radius 3 is 3.13 bits per heavy atom. The lowest BCUT2D eigenvalue weighted by Crippen LogP contribution is -2.08. The molecule has 0 spiro atoms. The number of thiophene rings is 1. The van der Waals surface area contributed by atoms with Crippen LogP contribution in [0, 0.1) is 0 Å². The molecule has 2 aromatic heterocycles. The van der Waals surface area contributed by atoms with E-state index in [4.69, 9.17) is 4.42 Å². The van der Waals surface area contributed by atoms with E-state index in [0.717, 1.165) is 24.3 Å². The third-order valence-corrected chi connectivity index (χ3v) is 2.87. The van der Waals surface area contributed by atoms with Gasteiger partial charge in [0.25, 0.3) is 5.89 Å². The lowest BCUT2D eigenvalue weighted by atomic mass is 10.3. The highest BCUT2D eigenvalue weighted by Gasteiger charge is 2.08. The number of nitrogens with zero attached hydrogens (tertiary/aromatic N) is 2. The van der Waals surface area contributed by atoms with E-state index in [1.165, 1.54) is 0 Å². The first-order valence-electron chi connectivity index (χ1n) is 4.91. The molecule has 0 fully saturated rings. The van der Waals surface area contributed by atoms with Crippen LogP contribution in [0.5, 0.6) is 0 Å². The summed E-state index contributed by atoms with van der Waals surface area (Å²) >= 11 is 1.61. The van der Waals surface area contributed by atoms with Crippen molar-refractivity contribution in [2.45, 2.75) is 12.8 Å². The van der Waals surface area contributed by atoms with E-state index >= 15 is 0 Å². The van der Waals surface area contributed by atoms with E-state index in [1.807, 2.05) is 24.6 Å². The highest BCUT2D eigenvalue weighted by Crippen LogP contribution is 2.23. The highest BCUT2D eigenvalue weighted by atomic mass is 32.1. The number of aryl methyl sites for hydroxylation is 1. The second-order valence-electron chi connectivity index (χ2n) is 3.19. The van der Waals surface area contributed by atoms with Crippen LogP contribution in [0.4, 0.5) is 0 Å². The second-order valence-corrected chi connectivity index (χ2v) is 4.13. The molecule has 0 atom stereocenters. The van der Waals surface area contributed by atoms with Gasteiger partial charge in [-0.15, -0.1) is 21.5 Å². The predicted molar refractivity (Wildman–Crippen MR) is 59.9 cm³/mol. The molecule has 0 amide bonds. The van der Waals surface area contributed by atoms with Gasteiger partial charge in [-0.25, -0.2) is 0 Å². The van der Waals surface area contributed by atoms with Gasteiger partial charge in [0, 0.05) is 6.42 Å². The van der Waals surface area contributed by atoms with Gasteiger partial charge in [0.05, 0.1) is 4.88 Å². The Morgan fingerprint density at radius 1 is 1.47 bits per heavy atom. The first-order valence-corrected chi connectivity index (χ1v) is 5.79. The van der Waals surface area contributed by atoms with Crippen molar-refractivity contribution >= 4 is 11.3 Å². The largest absolute Gasteiger partial charge is 0.420 e. The van der Waals surface area contributed by atoms with Crippen molar-refractivity contribution in [3.63, 3.8) is 0 Å². The lowest BCUT2D eigenvalue weighted by Gasteiger charge is -1.94. The normalized spacial score (nSPS) is 10.7. The summed E-state index contributed by atoms with van der Waals surface area (Å²) in [4.78, 5) is 1.03. The average molecular weight is 223 g/mol. The van der Waals surface area contributed by atoms with Gasteiger partial charge in [-0.1, -0.05) is 6.07 Å². The van der Waals surface area contributed by atoms with Gasteiger partial charge < -0.3 is 9.73 Å². The van der Waals surface area contributed by atoms with E-state index < -0.39 is 0 Å². The third kappa shape index (κ3) is 2.64. The molecule has 2 rings (SSSR count). The molecule has 0 aliphatic carbocycles. The van der Waals surface area contributed by atoms with Crippen LogP contribution in [0.1, 0.15) is 12.3 Å². The molecule has 0 bridgehead atoms. The summed E-state index contributed by atoms with van der Waals surface area (Å²) in [5.74, 6) is 1.35. The quantitative estimate of drug-likeness (QED) is 0.787. The van der Waals surface area contributed by atoms with Gasteiger partial charge in [-0.3, -0.25) is 0 Å². The Hall–Kier alpha value is -1.20. The first-order chi connectivity index (χ1) is 7.40. The highest BCUT2D eigenvalue weighted by molar-refractivity contribution is 7.13. The van der Waals surface area contributed by atoms with Gasteiger partial charge in [-0.05, 0) is 31.5 Å². The van der Waals surface area contributed by atoms with Gasteiger partial charge in [0.2, 0.25) is 5.89 Å². The summed E-state index contributed by atoms with van der Waals surface area (Å²) in [6.07, 6.45) is 1.85. The van der Waals surface area contributed by atoms with Crippen LogP contribution in [-0.2, 0) is 6.42 Å². The molecule has 15 heavy (non-hydrogen) atoms. The minimum absolute atomic E-state index is 0.629. The molecule has 1 N–H and O–H groups in total. The van der Waals surface area contributed by atoms with Crippen LogP contribution in [0.15, 0.2) is 21.9 Å². The molecule has 0 radical (unpaired) electrons. The number of rotatable bonds is 5.